The lowest BCUT2D eigenvalue weighted by Gasteiger charge is -2.35. The summed E-state index contributed by atoms with van der Waals surface area (Å²) in [5.41, 5.74) is 0. The Labute approximate surface area is 75.5 Å². The van der Waals surface area contributed by atoms with Crippen LogP contribution in [0.15, 0.2) is 0 Å². The summed E-state index contributed by atoms with van der Waals surface area (Å²) in [7, 11) is 0. The van der Waals surface area contributed by atoms with E-state index in [1.807, 2.05) is 0 Å². The van der Waals surface area contributed by atoms with Crippen molar-refractivity contribution in [2.24, 2.45) is 23.7 Å². The molecule has 0 amide bonds. The Morgan fingerprint density at radius 3 is 2.33 bits per heavy atom. The van der Waals surface area contributed by atoms with E-state index in [2.05, 4.69) is 20.8 Å². The average molecular weight is 168 g/mol. The molecule has 1 saturated heterocycles. The van der Waals surface area contributed by atoms with Crippen LogP contribution in [-0.4, -0.2) is 12.7 Å². The maximum Gasteiger partial charge on any atom is 0.0609 e. The molecular formula is C11H20O. The van der Waals surface area contributed by atoms with Gasteiger partial charge in [0, 0.05) is 6.61 Å². The molecule has 2 rings (SSSR count). The molecule has 0 spiro atoms. The van der Waals surface area contributed by atoms with Gasteiger partial charge in [-0.25, -0.2) is 0 Å². The largest absolute Gasteiger partial charge is 0.378 e. The first-order valence-electron chi connectivity index (χ1n) is 5.30. The maximum atomic E-state index is 5.79. The van der Waals surface area contributed by atoms with Crippen LogP contribution in [0.4, 0.5) is 0 Å². The van der Waals surface area contributed by atoms with E-state index in [0.29, 0.717) is 6.10 Å². The molecule has 0 radical (unpaired) electrons. The zero-order chi connectivity index (χ0) is 8.72. The molecule has 1 nitrogen and oxygen atoms in total. The van der Waals surface area contributed by atoms with Gasteiger partial charge >= 0.3 is 0 Å². The van der Waals surface area contributed by atoms with Gasteiger partial charge < -0.3 is 4.74 Å². The van der Waals surface area contributed by atoms with Gasteiger partial charge in [0.1, 0.15) is 0 Å². The fraction of sp³-hybridized carbons (Fsp3) is 1.00. The third-order valence-corrected chi connectivity index (χ3v) is 4.00. The van der Waals surface area contributed by atoms with Crippen molar-refractivity contribution in [3.8, 4) is 0 Å². The molecular weight excluding hydrogens is 148 g/mol. The van der Waals surface area contributed by atoms with E-state index < -0.39 is 0 Å². The van der Waals surface area contributed by atoms with Crippen molar-refractivity contribution in [3.05, 3.63) is 0 Å². The van der Waals surface area contributed by atoms with Gasteiger partial charge in [-0.1, -0.05) is 20.8 Å². The summed E-state index contributed by atoms with van der Waals surface area (Å²) in [6.07, 6.45) is 3.30. The van der Waals surface area contributed by atoms with Crippen LogP contribution >= 0.6 is 0 Å². The molecule has 2 fully saturated rings. The van der Waals surface area contributed by atoms with Gasteiger partial charge in [-0.15, -0.1) is 0 Å². The Morgan fingerprint density at radius 2 is 1.58 bits per heavy atom. The minimum Gasteiger partial charge on any atom is -0.378 e. The molecule has 5 unspecified atom stereocenters. The molecule has 5 atom stereocenters. The fourth-order valence-corrected chi connectivity index (χ4v) is 2.78. The summed E-state index contributed by atoms with van der Waals surface area (Å²) < 4.78 is 5.79. The Balaban J connectivity index is 2.04. The maximum absolute atomic E-state index is 5.79. The summed E-state index contributed by atoms with van der Waals surface area (Å²) in [4.78, 5) is 0. The second-order valence-electron chi connectivity index (χ2n) is 4.94. The lowest BCUT2D eigenvalue weighted by molar-refractivity contribution is 0.0309. The van der Waals surface area contributed by atoms with E-state index in [4.69, 9.17) is 4.74 Å². The highest BCUT2D eigenvalue weighted by atomic mass is 16.5. The van der Waals surface area contributed by atoms with Crippen molar-refractivity contribution in [2.75, 3.05) is 6.61 Å². The van der Waals surface area contributed by atoms with Gasteiger partial charge in [0.25, 0.3) is 0 Å². The van der Waals surface area contributed by atoms with Crippen LogP contribution < -0.4 is 0 Å². The van der Waals surface area contributed by atoms with Crippen molar-refractivity contribution in [2.45, 2.75) is 39.7 Å². The molecule has 1 heteroatoms. The number of hydrogen-bond acceptors (Lipinski definition) is 1. The third kappa shape index (κ3) is 1.28. The molecule has 0 N–H and O–H groups in total. The number of rotatable bonds is 0. The average Bonchev–Trinajstić information content (AvgIpc) is 2.35. The van der Waals surface area contributed by atoms with Crippen LogP contribution in [0, 0.1) is 23.7 Å². The van der Waals surface area contributed by atoms with Crippen molar-refractivity contribution in [1.29, 1.82) is 0 Å². The summed E-state index contributed by atoms with van der Waals surface area (Å²) in [5.74, 6) is 3.47. The summed E-state index contributed by atoms with van der Waals surface area (Å²) in [6.45, 7) is 8.11. The summed E-state index contributed by atoms with van der Waals surface area (Å²) >= 11 is 0. The second kappa shape index (κ2) is 3.02. The zero-order valence-electron chi connectivity index (χ0n) is 8.42. The van der Waals surface area contributed by atoms with E-state index in [1.165, 1.54) is 12.8 Å². The molecule has 0 aromatic carbocycles. The highest BCUT2D eigenvalue weighted by Gasteiger charge is 2.40. The highest BCUT2D eigenvalue weighted by molar-refractivity contribution is 4.89. The molecule has 2 aliphatic rings. The van der Waals surface area contributed by atoms with Gasteiger partial charge in [0.05, 0.1) is 6.10 Å². The van der Waals surface area contributed by atoms with Gasteiger partial charge in [0.2, 0.25) is 0 Å². The van der Waals surface area contributed by atoms with E-state index in [1.54, 1.807) is 0 Å². The summed E-state index contributed by atoms with van der Waals surface area (Å²) in [5, 5.41) is 0. The Morgan fingerprint density at radius 1 is 0.917 bits per heavy atom. The molecule has 0 bridgehead atoms. The molecule has 1 heterocycles. The Hall–Kier alpha value is -0.0400. The molecule has 0 aromatic heterocycles. The molecule has 0 aromatic rings. The molecule has 12 heavy (non-hydrogen) atoms. The predicted octanol–water partition coefficient (Wildman–Crippen LogP) is 2.70. The lowest BCUT2D eigenvalue weighted by Crippen LogP contribution is -2.32. The molecule has 1 aliphatic heterocycles. The van der Waals surface area contributed by atoms with Gasteiger partial charge in [-0.3, -0.25) is 0 Å². The van der Waals surface area contributed by atoms with Crippen molar-refractivity contribution in [3.63, 3.8) is 0 Å². The van der Waals surface area contributed by atoms with Crippen LogP contribution in [-0.2, 0) is 4.74 Å². The van der Waals surface area contributed by atoms with Crippen LogP contribution in [0.5, 0.6) is 0 Å². The second-order valence-corrected chi connectivity index (χ2v) is 4.94. The first kappa shape index (κ1) is 8.55. The van der Waals surface area contributed by atoms with Crippen molar-refractivity contribution in [1.82, 2.24) is 0 Å². The first-order chi connectivity index (χ1) is 5.68. The molecule has 1 saturated carbocycles. The Bertz CT molecular complexity index is 166. The number of ether oxygens (including phenoxy) is 1. The van der Waals surface area contributed by atoms with E-state index in [0.717, 1.165) is 30.3 Å². The minimum atomic E-state index is 0.603. The lowest BCUT2D eigenvalue weighted by atomic mass is 9.71. The van der Waals surface area contributed by atoms with Crippen LogP contribution in [0.25, 0.3) is 0 Å². The normalized spacial score (nSPS) is 53.8. The quantitative estimate of drug-likeness (QED) is 0.540. The third-order valence-electron chi connectivity index (χ3n) is 4.00. The van der Waals surface area contributed by atoms with E-state index in [9.17, 15) is 0 Å². The van der Waals surface area contributed by atoms with Crippen LogP contribution in [0.3, 0.4) is 0 Å². The number of hydrogen-bond donors (Lipinski definition) is 0. The summed E-state index contributed by atoms with van der Waals surface area (Å²) in [6, 6.07) is 0. The van der Waals surface area contributed by atoms with Gasteiger partial charge in [-0.05, 0) is 36.5 Å². The minimum absolute atomic E-state index is 0.603. The SMILES string of the molecule is CC1CC2OCC(C)C2CC1C. The van der Waals surface area contributed by atoms with Crippen molar-refractivity contribution < 1.29 is 4.74 Å². The molecule has 1 aliphatic carbocycles. The first-order valence-corrected chi connectivity index (χ1v) is 5.30. The van der Waals surface area contributed by atoms with Crippen LogP contribution in [0.2, 0.25) is 0 Å². The standard InChI is InChI=1S/C11H20O/c1-7-4-10-9(3)6-12-11(10)5-8(7)2/h7-11H,4-6H2,1-3H3. The number of fused-ring (bicyclic) bond motifs is 1. The van der Waals surface area contributed by atoms with Gasteiger partial charge in [-0.2, -0.15) is 0 Å². The van der Waals surface area contributed by atoms with Gasteiger partial charge in [0.15, 0.2) is 0 Å². The van der Waals surface area contributed by atoms with E-state index in [-0.39, 0.29) is 0 Å². The van der Waals surface area contributed by atoms with E-state index >= 15 is 0 Å². The van der Waals surface area contributed by atoms with Crippen molar-refractivity contribution >= 4 is 0 Å². The predicted molar refractivity (Wildman–Crippen MR) is 50.0 cm³/mol. The molecule has 70 valence electrons. The fourth-order valence-electron chi connectivity index (χ4n) is 2.78. The monoisotopic (exact) mass is 168 g/mol. The Kier molecular flexibility index (Phi) is 2.16. The highest BCUT2D eigenvalue weighted by Crippen LogP contribution is 2.42. The smallest absolute Gasteiger partial charge is 0.0609 e. The topological polar surface area (TPSA) is 9.23 Å². The zero-order valence-corrected chi connectivity index (χ0v) is 8.42. The van der Waals surface area contributed by atoms with Crippen LogP contribution in [0.1, 0.15) is 33.6 Å².